The largest absolute Gasteiger partial charge is 0.339 e. The second-order valence-corrected chi connectivity index (χ2v) is 7.84. The quantitative estimate of drug-likeness (QED) is 0.792. The summed E-state index contributed by atoms with van der Waals surface area (Å²) in [5.41, 5.74) is 3.03. The Morgan fingerprint density at radius 3 is 2.86 bits per heavy atom. The van der Waals surface area contributed by atoms with Crippen LogP contribution in [0, 0.1) is 5.92 Å². The molecule has 1 fully saturated rings. The van der Waals surface area contributed by atoms with Crippen LogP contribution in [0.25, 0.3) is 6.08 Å². The van der Waals surface area contributed by atoms with Crippen LogP contribution in [0.4, 0.5) is 5.82 Å². The number of hydrogen-bond acceptors (Lipinski definition) is 4. The molecule has 2 amide bonds. The fourth-order valence-corrected chi connectivity index (χ4v) is 3.96. The third-order valence-electron chi connectivity index (χ3n) is 5.73. The van der Waals surface area contributed by atoms with E-state index < -0.39 is 0 Å². The first-order valence-electron chi connectivity index (χ1n) is 10.4. The van der Waals surface area contributed by atoms with Crippen molar-refractivity contribution in [3.63, 3.8) is 0 Å². The molecule has 7 nitrogen and oxygen atoms in total. The summed E-state index contributed by atoms with van der Waals surface area (Å²) in [4.78, 5) is 34.6. The van der Waals surface area contributed by atoms with E-state index in [1.54, 1.807) is 12.3 Å². The van der Waals surface area contributed by atoms with Crippen LogP contribution in [0.3, 0.4) is 0 Å². The molecule has 1 N–H and O–H groups in total. The second kappa shape index (κ2) is 8.59. The lowest BCUT2D eigenvalue weighted by molar-refractivity contribution is -0.127. The minimum absolute atomic E-state index is 0.00529. The number of carbonyl (C=O) groups excluding carboxylic acids is 2. The van der Waals surface area contributed by atoms with E-state index in [1.807, 2.05) is 23.4 Å². The summed E-state index contributed by atoms with van der Waals surface area (Å²) in [5, 5.41) is 2.77. The minimum atomic E-state index is 0.00529. The van der Waals surface area contributed by atoms with Crippen molar-refractivity contribution in [1.82, 2.24) is 19.4 Å². The van der Waals surface area contributed by atoms with Crippen molar-refractivity contribution < 1.29 is 9.59 Å². The van der Waals surface area contributed by atoms with Gasteiger partial charge in [0.25, 0.3) is 0 Å². The fraction of sp³-hybridized carbons (Fsp3) is 0.455. The molecule has 4 heterocycles. The number of hydrogen-bond donors (Lipinski definition) is 1. The van der Waals surface area contributed by atoms with Crippen molar-refractivity contribution in [2.45, 2.75) is 45.6 Å². The lowest BCUT2D eigenvalue weighted by atomic mass is 9.96. The highest BCUT2D eigenvalue weighted by atomic mass is 16.2. The Kier molecular flexibility index (Phi) is 5.74. The highest BCUT2D eigenvalue weighted by molar-refractivity contribution is 5.93. The third-order valence-corrected chi connectivity index (χ3v) is 5.73. The SMILES string of the molecule is CCc1cn(CC2CCN(C(=O)/C=C/c3cnc4c(c3)CCC(=O)N4)CC2)cn1. The Hall–Kier alpha value is -2.96. The molecule has 7 heteroatoms. The van der Waals surface area contributed by atoms with Crippen molar-refractivity contribution in [3.05, 3.63) is 47.7 Å². The summed E-state index contributed by atoms with van der Waals surface area (Å²) in [6.45, 7) is 4.67. The van der Waals surface area contributed by atoms with E-state index in [4.69, 9.17) is 0 Å². The molecule has 2 aliphatic heterocycles. The van der Waals surface area contributed by atoms with Gasteiger partial charge in [0, 0.05) is 44.5 Å². The van der Waals surface area contributed by atoms with Gasteiger partial charge in [-0.1, -0.05) is 6.92 Å². The topological polar surface area (TPSA) is 80.1 Å². The maximum Gasteiger partial charge on any atom is 0.246 e. The molecular formula is C22H27N5O2. The summed E-state index contributed by atoms with van der Waals surface area (Å²) in [5.74, 6) is 1.27. The van der Waals surface area contributed by atoms with E-state index in [2.05, 4.69) is 33.0 Å². The molecule has 29 heavy (non-hydrogen) atoms. The van der Waals surface area contributed by atoms with Gasteiger partial charge in [0.1, 0.15) is 5.82 Å². The average molecular weight is 393 g/mol. The van der Waals surface area contributed by atoms with Crippen molar-refractivity contribution in [2.24, 2.45) is 5.92 Å². The van der Waals surface area contributed by atoms with Gasteiger partial charge in [-0.05, 0) is 54.9 Å². The molecule has 0 spiro atoms. The van der Waals surface area contributed by atoms with Gasteiger partial charge in [-0.3, -0.25) is 9.59 Å². The number of aromatic nitrogens is 3. The lowest BCUT2D eigenvalue weighted by Crippen LogP contribution is -2.38. The van der Waals surface area contributed by atoms with Crippen LogP contribution in [-0.4, -0.2) is 44.3 Å². The van der Waals surface area contributed by atoms with Gasteiger partial charge in [-0.15, -0.1) is 0 Å². The van der Waals surface area contributed by atoms with E-state index in [-0.39, 0.29) is 11.8 Å². The fourth-order valence-electron chi connectivity index (χ4n) is 3.96. The molecule has 2 aliphatic rings. The number of aryl methyl sites for hydroxylation is 2. The molecular weight excluding hydrogens is 366 g/mol. The summed E-state index contributed by atoms with van der Waals surface area (Å²) in [7, 11) is 0. The van der Waals surface area contributed by atoms with E-state index in [0.29, 0.717) is 24.6 Å². The summed E-state index contributed by atoms with van der Waals surface area (Å²) >= 11 is 0. The van der Waals surface area contributed by atoms with Gasteiger partial charge < -0.3 is 14.8 Å². The van der Waals surface area contributed by atoms with Gasteiger partial charge in [-0.2, -0.15) is 0 Å². The first-order chi connectivity index (χ1) is 14.1. The average Bonchev–Trinajstić information content (AvgIpc) is 3.20. The summed E-state index contributed by atoms with van der Waals surface area (Å²) in [6, 6.07) is 1.99. The van der Waals surface area contributed by atoms with Gasteiger partial charge in [-0.25, -0.2) is 9.97 Å². The number of likely N-dealkylation sites (tertiary alicyclic amines) is 1. The summed E-state index contributed by atoms with van der Waals surface area (Å²) in [6.07, 6.45) is 13.3. The molecule has 0 saturated carbocycles. The molecule has 152 valence electrons. The van der Waals surface area contributed by atoms with Crippen molar-refractivity contribution in [1.29, 1.82) is 0 Å². The second-order valence-electron chi connectivity index (χ2n) is 7.84. The molecule has 2 aromatic heterocycles. The number of fused-ring (bicyclic) bond motifs is 1. The highest BCUT2D eigenvalue weighted by Crippen LogP contribution is 2.22. The molecule has 1 saturated heterocycles. The first kappa shape index (κ1) is 19.4. The van der Waals surface area contributed by atoms with Gasteiger partial charge in [0.2, 0.25) is 11.8 Å². The maximum atomic E-state index is 12.6. The number of pyridine rings is 1. The van der Waals surface area contributed by atoms with Crippen LogP contribution >= 0.6 is 0 Å². The van der Waals surface area contributed by atoms with Crippen molar-refractivity contribution in [3.8, 4) is 0 Å². The zero-order valence-electron chi connectivity index (χ0n) is 16.8. The minimum Gasteiger partial charge on any atom is -0.339 e. The van der Waals surface area contributed by atoms with E-state index in [1.165, 1.54) is 0 Å². The number of imidazole rings is 1. The number of anilines is 1. The normalized spacial score (nSPS) is 17.4. The molecule has 0 unspecified atom stereocenters. The number of piperidine rings is 1. The van der Waals surface area contributed by atoms with Crippen LogP contribution < -0.4 is 5.32 Å². The van der Waals surface area contributed by atoms with Gasteiger partial charge in [0.15, 0.2) is 0 Å². The Morgan fingerprint density at radius 2 is 2.10 bits per heavy atom. The van der Waals surface area contributed by atoms with Crippen LogP contribution in [0.5, 0.6) is 0 Å². The standard InChI is InChI=1S/C22H27N5O2/c1-2-19-14-26(15-24-19)13-16-7-9-27(10-8-16)21(29)6-3-17-11-18-4-5-20(28)25-22(18)23-12-17/h3,6,11-12,14-16H,2,4-5,7-10,13H2,1H3,(H,23,25,28)/b6-3+. The predicted octanol–water partition coefficient (Wildman–Crippen LogP) is 2.68. The summed E-state index contributed by atoms with van der Waals surface area (Å²) < 4.78 is 2.17. The van der Waals surface area contributed by atoms with Gasteiger partial charge in [0.05, 0.1) is 12.0 Å². The zero-order chi connectivity index (χ0) is 20.2. The lowest BCUT2D eigenvalue weighted by Gasteiger charge is -2.31. The zero-order valence-corrected chi connectivity index (χ0v) is 16.8. The first-order valence-corrected chi connectivity index (χ1v) is 10.4. The Balaban J connectivity index is 1.29. The van der Waals surface area contributed by atoms with E-state index in [0.717, 1.165) is 55.7 Å². The van der Waals surface area contributed by atoms with E-state index >= 15 is 0 Å². The molecule has 0 bridgehead atoms. The van der Waals surface area contributed by atoms with Crippen LogP contribution in [0.2, 0.25) is 0 Å². The monoisotopic (exact) mass is 393 g/mol. The smallest absolute Gasteiger partial charge is 0.246 e. The third kappa shape index (κ3) is 4.72. The Labute approximate surface area is 170 Å². The Morgan fingerprint density at radius 1 is 1.28 bits per heavy atom. The molecule has 4 rings (SSSR count). The number of amides is 2. The Bertz CT molecular complexity index is 925. The van der Waals surface area contributed by atoms with Crippen molar-refractivity contribution in [2.75, 3.05) is 18.4 Å². The van der Waals surface area contributed by atoms with Gasteiger partial charge >= 0.3 is 0 Å². The predicted molar refractivity (Wildman–Crippen MR) is 111 cm³/mol. The number of nitrogens with one attached hydrogen (secondary N) is 1. The van der Waals surface area contributed by atoms with Crippen LogP contribution in [-0.2, 0) is 29.0 Å². The molecule has 0 aliphatic carbocycles. The van der Waals surface area contributed by atoms with Crippen LogP contribution in [0.15, 0.2) is 30.9 Å². The van der Waals surface area contributed by atoms with Crippen LogP contribution in [0.1, 0.15) is 43.0 Å². The molecule has 0 aromatic carbocycles. The maximum absolute atomic E-state index is 12.6. The molecule has 0 atom stereocenters. The van der Waals surface area contributed by atoms with Crippen molar-refractivity contribution >= 4 is 23.7 Å². The highest BCUT2D eigenvalue weighted by Gasteiger charge is 2.22. The molecule has 2 aromatic rings. The molecule has 0 radical (unpaired) electrons. The number of rotatable bonds is 5. The number of nitrogens with zero attached hydrogens (tertiary/aromatic N) is 4. The van der Waals surface area contributed by atoms with E-state index in [9.17, 15) is 9.59 Å². The number of carbonyl (C=O) groups is 2.